The van der Waals surface area contributed by atoms with E-state index in [2.05, 4.69) is 230 Å². The molecule has 0 fully saturated rings. The summed E-state index contributed by atoms with van der Waals surface area (Å²) in [6, 6.07) is 69.0. The molecule has 0 aliphatic heterocycles. The number of H-pyrrole nitrogens is 1. The van der Waals surface area contributed by atoms with Crippen LogP contribution in [0.15, 0.2) is 194 Å². The number of anilines is 6. The maximum absolute atomic E-state index is 6.07. The number of rotatable bonds is 16. The smallest absolute Gasteiger partial charge is 0.223 e. The zero-order valence-electron chi connectivity index (χ0n) is 39.3. The summed E-state index contributed by atoms with van der Waals surface area (Å²) in [6.07, 6.45) is 2.11. The zero-order valence-corrected chi connectivity index (χ0v) is 39.3. The number of benzene rings is 9. The molecule has 11 rings (SSSR count). The van der Waals surface area contributed by atoms with Crippen molar-refractivity contribution in [3.05, 3.63) is 194 Å². The summed E-state index contributed by atoms with van der Waals surface area (Å²) in [4.78, 5) is 8.46. The number of aromatic nitrogens is 6. The van der Waals surface area contributed by atoms with E-state index in [0.29, 0.717) is 25.6 Å². The molecule has 0 spiro atoms. The van der Waals surface area contributed by atoms with Gasteiger partial charge in [-0.15, -0.1) is 5.10 Å². The highest BCUT2D eigenvalue weighted by molar-refractivity contribution is 6.16. The average Bonchev–Trinajstić information content (AvgIpc) is 4.00. The Labute approximate surface area is 402 Å². The summed E-state index contributed by atoms with van der Waals surface area (Å²) in [5.74, 6) is 0.339. The molecule has 2 heterocycles. The van der Waals surface area contributed by atoms with Crippen LogP contribution >= 0.6 is 0 Å². The van der Waals surface area contributed by atoms with Gasteiger partial charge < -0.3 is 14.5 Å². The summed E-state index contributed by atoms with van der Waals surface area (Å²) >= 11 is 0. The van der Waals surface area contributed by atoms with E-state index >= 15 is 0 Å². The molecule has 0 atom stereocenters. The number of unbranched alkanes of at least 4 members (excludes halogenated alkanes) is 1. The van der Waals surface area contributed by atoms with E-state index in [1.807, 2.05) is 9.59 Å². The number of aromatic amines is 1. The van der Waals surface area contributed by atoms with Crippen LogP contribution < -0.4 is 14.6 Å². The molecule has 340 valence electrons. The highest BCUT2D eigenvalue weighted by Gasteiger charge is 2.28. The highest BCUT2D eigenvalue weighted by atomic mass is 16.5. The van der Waals surface area contributed by atoms with E-state index in [-0.39, 0.29) is 0 Å². The summed E-state index contributed by atoms with van der Waals surface area (Å²) in [7, 11) is 0. The second-order valence-corrected chi connectivity index (χ2v) is 18.1. The van der Waals surface area contributed by atoms with E-state index < -0.39 is 0 Å². The van der Waals surface area contributed by atoms with Crippen molar-refractivity contribution in [2.75, 3.05) is 23.0 Å². The van der Waals surface area contributed by atoms with E-state index in [1.54, 1.807) is 0 Å². The number of para-hydroxylation sites is 2. The average molecular weight is 904 g/mol. The molecule has 0 bridgehead atoms. The molecule has 11 aromatic rings. The van der Waals surface area contributed by atoms with Crippen LogP contribution in [-0.4, -0.2) is 38.4 Å². The van der Waals surface area contributed by atoms with Crippen molar-refractivity contribution in [1.29, 1.82) is 0 Å². The van der Waals surface area contributed by atoms with Gasteiger partial charge in [-0.2, -0.15) is 15.0 Å². The predicted molar refractivity (Wildman–Crippen MR) is 283 cm³/mol. The van der Waals surface area contributed by atoms with E-state index in [0.717, 1.165) is 97.9 Å². The molecule has 2 aromatic heterocycles. The Morgan fingerprint density at radius 3 is 1.54 bits per heavy atom. The Bertz CT molecular complexity index is 3300. The van der Waals surface area contributed by atoms with Gasteiger partial charge in [0.25, 0.3) is 0 Å². The van der Waals surface area contributed by atoms with Gasteiger partial charge in [0, 0.05) is 56.4 Å². The Kier molecular flexibility index (Phi) is 12.1. The van der Waals surface area contributed by atoms with Crippen LogP contribution in [0.2, 0.25) is 0 Å². The van der Waals surface area contributed by atoms with Crippen LogP contribution in [0.4, 0.5) is 34.1 Å². The SMILES string of the molecule is CCCCOCC[n+]1nc2c(-c3ccc(N(c4ccccc4)c4cccc5ccccc45)cc3)c3nn(CC(C)C)nc3c(-c3ccc(N(c4ccccc4)c4cccc5ccccc45)cc3)c2[nH]1. The Morgan fingerprint density at radius 2 is 1.00 bits per heavy atom. The van der Waals surface area contributed by atoms with Gasteiger partial charge in [0.1, 0.15) is 23.2 Å². The first-order valence-corrected chi connectivity index (χ1v) is 24.2. The van der Waals surface area contributed by atoms with Crippen LogP contribution in [0.1, 0.15) is 33.6 Å². The van der Waals surface area contributed by atoms with Crippen LogP contribution in [0.5, 0.6) is 0 Å². The highest BCUT2D eigenvalue weighted by Crippen LogP contribution is 2.45. The number of ether oxygens (including phenoxy) is 1. The van der Waals surface area contributed by atoms with Gasteiger partial charge in [0.2, 0.25) is 6.54 Å². The standard InChI is InChI=1S/C60H55N8O/c1-4-5-39-69-40-38-65-61-57-55(45-30-34-49(35-31-45)67(47-22-8-6-9-23-47)53-28-16-20-43-18-12-14-26-51(43)53)59-60(64-66(63-59)41-42(2)3)56(58(57)62-65)46-32-36-50(37-33-46)68(48-24-10-7-11-25-48)54-29-17-21-44-19-13-15-27-52(44)54/h6-37,42H,4-5,38-41H2,1-3H3,(H,61,62)/q+1. The second kappa shape index (κ2) is 19.2. The summed E-state index contributed by atoms with van der Waals surface area (Å²) in [5, 5.41) is 24.5. The lowest BCUT2D eigenvalue weighted by Crippen LogP contribution is -2.40. The van der Waals surface area contributed by atoms with Gasteiger partial charge >= 0.3 is 0 Å². The molecule has 69 heavy (non-hydrogen) atoms. The van der Waals surface area contributed by atoms with Gasteiger partial charge in [-0.3, -0.25) is 0 Å². The fraction of sp³-hybridized carbons (Fsp3) is 0.167. The minimum absolute atomic E-state index is 0.339. The molecule has 0 radical (unpaired) electrons. The first kappa shape index (κ1) is 43.4. The lowest BCUT2D eigenvalue weighted by atomic mass is 9.95. The predicted octanol–water partition coefficient (Wildman–Crippen LogP) is 14.6. The summed E-state index contributed by atoms with van der Waals surface area (Å²) in [5.41, 5.74) is 13.8. The number of nitrogens with one attached hydrogen (secondary N) is 1. The van der Waals surface area contributed by atoms with Crippen LogP contribution in [0.25, 0.3) is 65.9 Å². The zero-order chi connectivity index (χ0) is 46.7. The molecule has 0 saturated heterocycles. The van der Waals surface area contributed by atoms with Crippen molar-refractivity contribution >= 4 is 77.7 Å². The molecule has 0 aliphatic rings. The lowest BCUT2D eigenvalue weighted by molar-refractivity contribution is -0.800. The molecular formula is C60H55N8O+. The largest absolute Gasteiger partial charge is 0.375 e. The Morgan fingerprint density at radius 1 is 0.522 bits per heavy atom. The van der Waals surface area contributed by atoms with Gasteiger partial charge in [-0.05, 0) is 99.7 Å². The minimum Gasteiger partial charge on any atom is -0.375 e. The molecule has 0 unspecified atom stereocenters. The molecule has 9 nitrogen and oxygen atoms in total. The maximum atomic E-state index is 6.07. The van der Waals surface area contributed by atoms with Crippen LogP contribution in [-0.2, 0) is 17.8 Å². The van der Waals surface area contributed by atoms with E-state index in [9.17, 15) is 0 Å². The minimum atomic E-state index is 0.339. The van der Waals surface area contributed by atoms with E-state index in [4.69, 9.17) is 20.0 Å². The lowest BCUT2D eigenvalue weighted by Gasteiger charge is -2.27. The quantitative estimate of drug-likeness (QED) is 0.0769. The van der Waals surface area contributed by atoms with Crippen molar-refractivity contribution < 1.29 is 9.53 Å². The number of hydrogen-bond donors (Lipinski definition) is 1. The first-order chi connectivity index (χ1) is 34.0. The van der Waals surface area contributed by atoms with Crippen LogP contribution in [0, 0.1) is 5.92 Å². The van der Waals surface area contributed by atoms with Gasteiger partial charge in [-0.25, -0.2) is 0 Å². The molecule has 9 aromatic carbocycles. The fourth-order valence-electron chi connectivity index (χ4n) is 9.58. The third-order valence-electron chi connectivity index (χ3n) is 12.8. The van der Waals surface area contributed by atoms with Crippen molar-refractivity contribution in [3.8, 4) is 22.3 Å². The molecule has 0 aliphatic carbocycles. The number of nitrogens with zero attached hydrogens (tertiary/aromatic N) is 7. The number of hydrogen-bond acceptors (Lipinski definition) is 6. The molecule has 0 saturated carbocycles. The first-order valence-electron chi connectivity index (χ1n) is 24.2. The van der Waals surface area contributed by atoms with E-state index in [1.165, 1.54) is 21.5 Å². The number of fused-ring (bicyclic) bond motifs is 4. The van der Waals surface area contributed by atoms with Gasteiger partial charge in [0.05, 0.1) is 17.9 Å². The summed E-state index contributed by atoms with van der Waals surface area (Å²) in [6.45, 7) is 9.10. The molecule has 0 amide bonds. The monoisotopic (exact) mass is 903 g/mol. The molecule has 1 N–H and O–H groups in total. The van der Waals surface area contributed by atoms with Crippen LogP contribution in [0.3, 0.4) is 0 Å². The van der Waals surface area contributed by atoms with Gasteiger partial charge in [0.15, 0.2) is 5.52 Å². The Balaban J connectivity index is 1.07. The third-order valence-corrected chi connectivity index (χ3v) is 12.8. The van der Waals surface area contributed by atoms with Crippen molar-refractivity contribution in [2.24, 2.45) is 5.92 Å². The summed E-state index contributed by atoms with van der Waals surface area (Å²) < 4.78 is 6.07. The normalized spacial score (nSPS) is 11.7. The van der Waals surface area contributed by atoms with Crippen molar-refractivity contribution in [1.82, 2.24) is 25.2 Å². The third kappa shape index (κ3) is 8.58. The van der Waals surface area contributed by atoms with Gasteiger partial charge in [-0.1, -0.05) is 161 Å². The maximum Gasteiger partial charge on any atom is 0.223 e. The topological polar surface area (TPSA) is 79.0 Å². The Hall–Kier alpha value is -8.14. The van der Waals surface area contributed by atoms with Crippen molar-refractivity contribution in [3.63, 3.8) is 0 Å². The fourth-order valence-corrected chi connectivity index (χ4v) is 9.58. The van der Waals surface area contributed by atoms with Crippen molar-refractivity contribution in [2.45, 2.75) is 46.7 Å². The molecular weight excluding hydrogens is 849 g/mol. The second-order valence-electron chi connectivity index (χ2n) is 18.1. The molecule has 9 heteroatoms.